The normalized spacial score (nSPS) is 18.5. The molecule has 0 spiro atoms. The minimum absolute atomic E-state index is 0.00519. The summed E-state index contributed by atoms with van der Waals surface area (Å²) in [5, 5.41) is 2.81. The fraction of sp³-hybridized carbons (Fsp3) is 0.900. The van der Waals surface area contributed by atoms with Crippen LogP contribution < -0.4 is 15.8 Å². The summed E-state index contributed by atoms with van der Waals surface area (Å²) in [5.74, 6) is 0.00519. The third kappa shape index (κ3) is 4.25. The lowest BCUT2D eigenvalue weighted by molar-refractivity contribution is -0.135. The van der Waals surface area contributed by atoms with Gasteiger partial charge in [0.25, 0.3) is 0 Å². The van der Waals surface area contributed by atoms with E-state index in [1.807, 2.05) is 0 Å². The first-order chi connectivity index (χ1) is 7.90. The zero-order valence-corrected chi connectivity index (χ0v) is 11.0. The minimum Gasteiger partial charge on any atom is -0.356 e. The molecule has 1 saturated carbocycles. The Labute approximate surface area is 102 Å². The third-order valence-corrected chi connectivity index (χ3v) is 3.91. The molecule has 0 bridgehead atoms. The van der Waals surface area contributed by atoms with Crippen molar-refractivity contribution in [3.8, 4) is 0 Å². The maximum Gasteiger partial charge on any atom is 0.227 e. The van der Waals surface area contributed by atoms with Gasteiger partial charge in [-0.3, -0.25) is 4.79 Å². The molecule has 17 heavy (non-hydrogen) atoms. The second-order valence-corrected chi connectivity index (χ2v) is 6.45. The molecule has 0 aliphatic heterocycles. The van der Waals surface area contributed by atoms with E-state index < -0.39 is 10.0 Å². The molecule has 1 aliphatic carbocycles. The first-order valence-corrected chi connectivity index (χ1v) is 7.72. The van der Waals surface area contributed by atoms with Crippen LogP contribution in [0.3, 0.4) is 0 Å². The topological polar surface area (TPSA) is 101 Å². The molecular formula is C10H21N3O3S. The molecule has 0 atom stereocenters. The zero-order valence-electron chi connectivity index (χ0n) is 10.2. The van der Waals surface area contributed by atoms with Crippen LogP contribution in [0.4, 0.5) is 0 Å². The van der Waals surface area contributed by atoms with Gasteiger partial charge in [-0.05, 0) is 19.3 Å². The van der Waals surface area contributed by atoms with Crippen LogP contribution in [0.15, 0.2) is 0 Å². The Kier molecular flexibility index (Phi) is 4.91. The van der Waals surface area contributed by atoms with E-state index in [1.165, 1.54) is 0 Å². The van der Waals surface area contributed by atoms with Crippen molar-refractivity contribution in [3.63, 3.8) is 0 Å². The van der Waals surface area contributed by atoms with E-state index in [2.05, 4.69) is 10.0 Å². The predicted molar refractivity (Wildman–Crippen MR) is 65.8 cm³/mol. The molecule has 0 aromatic rings. The Hall–Kier alpha value is -0.660. The number of sulfonamides is 1. The molecule has 0 unspecified atom stereocenters. The zero-order chi connectivity index (χ0) is 12.9. The Morgan fingerprint density at radius 1 is 1.35 bits per heavy atom. The number of carbonyl (C=O) groups excluding carboxylic acids is 1. The Bertz CT molecular complexity index is 357. The number of rotatable bonds is 7. The van der Waals surface area contributed by atoms with E-state index in [0.717, 1.165) is 25.5 Å². The van der Waals surface area contributed by atoms with Crippen molar-refractivity contribution in [1.82, 2.24) is 10.0 Å². The maximum absolute atomic E-state index is 11.8. The molecule has 4 N–H and O–H groups in total. The highest BCUT2D eigenvalue weighted by atomic mass is 32.2. The molecule has 1 rings (SSSR count). The molecule has 7 heteroatoms. The van der Waals surface area contributed by atoms with Crippen LogP contribution in [-0.2, 0) is 14.8 Å². The number of hydrogen-bond acceptors (Lipinski definition) is 4. The third-order valence-electron chi connectivity index (χ3n) is 3.19. The van der Waals surface area contributed by atoms with Gasteiger partial charge in [-0.2, -0.15) is 0 Å². The maximum atomic E-state index is 11.8. The fourth-order valence-corrected chi connectivity index (χ4v) is 2.38. The van der Waals surface area contributed by atoms with Crippen LogP contribution in [-0.4, -0.2) is 40.2 Å². The Morgan fingerprint density at radius 2 is 2.00 bits per heavy atom. The van der Waals surface area contributed by atoms with E-state index in [4.69, 9.17) is 5.73 Å². The van der Waals surface area contributed by atoms with E-state index in [9.17, 15) is 13.2 Å². The average molecular weight is 263 g/mol. The number of hydrogen-bond donors (Lipinski definition) is 3. The highest BCUT2D eigenvalue weighted by Crippen LogP contribution is 2.39. The van der Waals surface area contributed by atoms with Gasteiger partial charge >= 0.3 is 0 Å². The minimum atomic E-state index is -3.13. The summed E-state index contributed by atoms with van der Waals surface area (Å²) in [5.41, 5.74) is 5.25. The number of nitrogens with two attached hydrogens (primary N) is 1. The average Bonchev–Trinajstić information content (AvgIpc) is 2.14. The van der Waals surface area contributed by atoms with Crippen LogP contribution in [0.25, 0.3) is 0 Å². The molecular weight excluding hydrogens is 242 g/mol. The molecule has 6 nitrogen and oxygen atoms in total. The van der Waals surface area contributed by atoms with Crippen molar-refractivity contribution in [1.29, 1.82) is 0 Å². The fourth-order valence-electron chi connectivity index (χ4n) is 1.86. The highest BCUT2D eigenvalue weighted by molar-refractivity contribution is 7.88. The van der Waals surface area contributed by atoms with E-state index in [0.29, 0.717) is 26.1 Å². The van der Waals surface area contributed by atoms with E-state index >= 15 is 0 Å². The van der Waals surface area contributed by atoms with Crippen molar-refractivity contribution in [2.75, 3.05) is 25.9 Å². The Morgan fingerprint density at radius 3 is 2.41 bits per heavy atom. The molecule has 0 radical (unpaired) electrons. The molecule has 100 valence electrons. The highest BCUT2D eigenvalue weighted by Gasteiger charge is 2.42. The largest absolute Gasteiger partial charge is 0.356 e. The number of amides is 1. The van der Waals surface area contributed by atoms with Crippen molar-refractivity contribution in [2.24, 2.45) is 11.1 Å². The van der Waals surface area contributed by atoms with Crippen LogP contribution in [0.2, 0.25) is 0 Å². The second kappa shape index (κ2) is 5.79. The summed E-state index contributed by atoms with van der Waals surface area (Å²) in [6.07, 6.45) is 4.47. The molecule has 0 heterocycles. The lowest BCUT2D eigenvalue weighted by Gasteiger charge is -2.39. The molecule has 0 saturated heterocycles. The van der Waals surface area contributed by atoms with Gasteiger partial charge in [0.1, 0.15) is 0 Å². The van der Waals surface area contributed by atoms with Crippen molar-refractivity contribution in [2.45, 2.75) is 25.7 Å². The van der Waals surface area contributed by atoms with Gasteiger partial charge in [0.2, 0.25) is 15.9 Å². The molecule has 1 fully saturated rings. The predicted octanol–water partition coefficient (Wildman–Crippen LogP) is -0.829. The van der Waals surface area contributed by atoms with E-state index in [1.54, 1.807) is 0 Å². The number of nitrogens with one attached hydrogen (secondary N) is 2. The van der Waals surface area contributed by atoms with E-state index in [-0.39, 0.29) is 11.3 Å². The van der Waals surface area contributed by atoms with Crippen molar-refractivity contribution in [3.05, 3.63) is 0 Å². The van der Waals surface area contributed by atoms with Gasteiger partial charge < -0.3 is 11.1 Å². The van der Waals surface area contributed by atoms with Crippen LogP contribution >= 0.6 is 0 Å². The first kappa shape index (κ1) is 14.4. The Balaban J connectivity index is 2.17. The molecule has 0 aromatic carbocycles. The van der Waals surface area contributed by atoms with Gasteiger partial charge in [0, 0.05) is 19.6 Å². The van der Waals surface area contributed by atoms with Gasteiger partial charge in [-0.25, -0.2) is 13.1 Å². The summed E-state index contributed by atoms with van der Waals surface area (Å²) in [6, 6.07) is 0. The summed E-state index contributed by atoms with van der Waals surface area (Å²) in [7, 11) is -3.13. The van der Waals surface area contributed by atoms with Crippen LogP contribution in [0.1, 0.15) is 25.7 Å². The molecule has 1 amide bonds. The van der Waals surface area contributed by atoms with Gasteiger partial charge in [-0.15, -0.1) is 0 Å². The quantitative estimate of drug-likeness (QED) is 0.522. The van der Waals surface area contributed by atoms with Crippen molar-refractivity contribution >= 4 is 15.9 Å². The van der Waals surface area contributed by atoms with Crippen LogP contribution in [0.5, 0.6) is 0 Å². The lowest BCUT2D eigenvalue weighted by Crippen LogP contribution is -2.50. The SMILES string of the molecule is CS(=O)(=O)NCCCNC(=O)C1(CN)CCC1. The summed E-state index contributed by atoms with van der Waals surface area (Å²) in [4.78, 5) is 11.8. The second-order valence-electron chi connectivity index (χ2n) is 4.61. The number of carbonyl (C=O) groups is 1. The lowest BCUT2D eigenvalue weighted by atomic mass is 9.68. The molecule has 0 aromatic heterocycles. The summed E-state index contributed by atoms with van der Waals surface area (Å²) in [6.45, 7) is 1.21. The first-order valence-electron chi connectivity index (χ1n) is 5.83. The molecule has 1 aliphatic rings. The summed E-state index contributed by atoms with van der Waals surface area (Å²) < 4.78 is 23.9. The standard InChI is InChI=1S/C10H21N3O3S/c1-17(15,16)13-7-3-6-12-9(14)10(8-11)4-2-5-10/h13H,2-8,11H2,1H3,(H,12,14). The smallest absolute Gasteiger partial charge is 0.227 e. The monoisotopic (exact) mass is 263 g/mol. The van der Waals surface area contributed by atoms with Gasteiger partial charge in [0.05, 0.1) is 11.7 Å². The summed E-state index contributed by atoms with van der Waals surface area (Å²) >= 11 is 0. The van der Waals surface area contributed by atoms with Gasteiger partial charge in [-0.1, -0.05) is 6.42 Å². The van der Waals surface area contributed by atoms with Crippen molar-refractivity contribution < 1.29 is 13.2 Å². The van der Waals surface area contributed by atoms with Gasteiger partial charge in [0.15, 0.2) is 0 Å². The van der Waals surface area contributed by atoms with Crippen LogP contribution in [0, 0.1) is 5.41 Å².